The van der Waals surface area contributed by atoms with E-state index in [1.165, 1.54) is 49.9 Å². The molecule has 0 aliphatic carbocycles. The average Bonchev–Trinajstić information content (AvgIpc) is 2.49. The molecule has 0 spiro atoms. The van der Waals surface area contributed by atoms with Crippen LogP contribution in [0.3, 0.4) is 0 Å². The van der Waals surface area contributed by atoms with E-state index in [1.807, 2.05) is 6.08 Å². The lowest BCUT2D eigenvalue weighted by Gasteiger charge is -2.03. The van der Waals surface area contributed by atoms with Crippen molar-refractivity contribution < 1.29 is 22.5 Å². The maximum Gasteiger partial charge on any atom is 0.315 e. The largest absolute Gasteiger partial charge is 0.426 e. The Hall–Kier alpha value is -1.66. The van der Waals surface area contributed by atoms with Crippen molar-refractivity contribution in [2.75, 3.05) is 0 Å². The molecule has 0 atom stereocenters. The highest BCUT2D eigenvalue weighted by molar-refractivity contribution is 7.85. The van der Waals surface area contributed by atoms with Gasteiger partial charge in [-0.2, -0.15) is 8.42 Å². The average molecular weight is 340 g/mol. The summed E-state index contributed by atoms with van der Waals surface area (Å²) < 4.78 is 35.7. The number of rotatable bonds is 10. The Labute approximate surface area is 138 Å². The summed E-state index contributed by atoms with van der Waals surface area (Å²) in [7, 11) is -4.23. The van der Waals surface area contributed by atoms with E-state index in [2.05, 4.69) is 6.92 Å². The Kier molecular flexibility index (Phi) is 8.58. The summed E-state index contributed by atoms with van der Waals surface area (Å²) in [6.45, 7) is 2.18. The first-order valence-corrected chi connectivity index (χ1v) is 9.30. The summed E-state index contributed by atoms with van der Waals surface area (Å²) in [5.74, 6) is -0.165. The number of allylic oxidation sites excluding steroid dienone is 1. The number of esters is 1. The zero-order chi connectivity index (χ0) is 17.1. The van der Waals surface area contributed by atoms with Crippen LogP contribution in [0, 0.1) is 0 Å². The molecule has 0 saturated carbocycles. The quantitative estimate of drug-likeness (QED) is 0.227. The van der Waals surface area contributed by atoms with Crippen LogP contribution in [0.1, 0.15) is 51.9 Å². The minimum atomic E-state index is -4.23. The maximum absolute atomic E-state index is 11.6. The van der Waals surface area contributed by atoms with Crippen LogP contribution in [-0.2, 0) is 14.9 Å². The van der Waals surface area contributed by atoms with Gasteiger partial charge in [-0.1, -0.05) is 44.8 Å². The van der Waals surface area contributed by atoms with Gasteiger partial charge in [0.1, 0.15) is 5.75 Å². The topological polar surface area (TPSA) is 80.7 Å². The minimum Gasteiger partial charge on any atom is -0.426 e. The lowest BCUT2D eigenvalue weighted by atomic mass is 10.1. The molecule has 1 N–H and O–H groups in total. The second-order valence-corrected chi connectivity index (χ2v) is 6.72. The van der Waals surface area contributed by atoms with E-state index in [-0.39, 0.29) is 17.1 Å². The number of benzene rings is 1. The summed E-state index contributed by atoms with van der Waals surface area (Å²) in [6.07, 6.45) is 11.0. The van der Waals surface area contributed by atoms with Crippen LogP contribution >= 0.6 is 0 Å². The Balaban J connectivity index is 2.28. The molecule has 0 fully saturated rings. The first kappa shape index (κ1) is 19.4. The van der Waals surface area contributed by atoms with E-state index in [0.717, 1.165) is 12.8 Å². The van der Waals surface area contributed by atoms with Crippen molar-refractivity contribution in [3.8, 4) is 5.75 Å². The first-order valence-electron chi connectivity index (χ1n) is 7.86. The zero-order valence-corrected chi connectivity index (χ0v) is 14.2. The Morgan fingerprint density at radius 2 is 1.74 bits per heavy atom. The number of carbonyl (C=O) groups excluding carboxylic acids is 1. The highest BCUT2D eigenvalue weighted by Gasteiger charge is 2.09. The number of carbonyl (C=O) groups is 1. The third kappa shape index (κ3) is 8.52. The van der Waals surface area contributed by atoms with E-state index < -0.39 is 16.1 Å². The van der Waals surface area contributed by atoms with Gasteiger partial charge in [0.2, 0.25) is 0 Å². The van der Waals surface area contributed by atoms with Crippen molar-refractivity contribution in [1.29, 1.82) is 0 Å². The van der Waals surface area contributed by atoms with Crippen molar-refractivity contribution in [2.45, 2.75) is 56.8 Å². The van der Waals surface area contributed by atoms with Gasteiger partial charge >= 0.3 is 5.97 Å². The van der Waals surface area contributed by atoms with Crippen molar-refractivity contribution >= 4 is 16.1 Å². The predicted molar refractivity (Wildman–Crippen MR) is 89.0 cm³/mol. The molecule has 0 aliphatic heterocycles. The predicted octanol–water partition coefficient (Wildman–Crippen LogP) is 4.15. The molecular formula is C17H24O5S. The van der Waals surface area contributed by atoms with E-state index in [4.69, 9.17) is 9.29 Å². The third-order valence-electron chi connectivity index (χ3n) is 3.28. The fourth-order valence-electron chi connectivity index (χ4n) is 2.02. The first-order chi connectivity index (χ1) is 10.9. The molecule has 0 heterocycles. The summed E-state index contributed by atoms with van der Waals surface area (Å²) >= 11 is 0. The molecule has 0 unspecified atom stereocenters. The zero-order valence-electron chi connectivity index (χ0n) is 13.4. The molecule has 0 bridgehead atoms. The number of ether oxygens (including phenoxy) is 1. The molecule has 1 rings (SSSR count). The van der Waals surface area contributed by atoms with Crippen LogP contribution in [0.25, 0.3) is 0 Å². The molecule has 6 heteroatoms. The Morgan fingerprint density at radius 3 is 2.35 bits per heavy atom. The second-order valence-electron chi connectivity index (χ2n) is 5.30. The minimum absolute atomic E-state index is 0.176. The van der Waals surface area contributed by atoms with E-state index in [1.54, 1.807) is 6.08 Å². The molecule has 1 aromatic carbocycles. The number of hydrogen-bond acceptors (Lipinski definition) is 4. The van der Waals surface area contributed by atoms with Gasteiger partial charge in [-0.15, -0.1) is 0 Å². The van der Waals surface area contributed by atoms with Crippen LogP contribution in [-0.4, -0.2) is 18.9 Å². The van der Waals surface area contributed by atoms with Crippen LogP contribution in [0.5, 0.6) is 5.75 Å². The van der Waals surface area contributed by atoms with Crippen LogP contribution < -0.4 is 4.74 Å². The number of unbranched alkanes of at least 4 members (excludes halogenated alkanes) is 5. The summed E-state index contributed by atoms with van der Waals surface area (Å²) in [5.41, 5.74) is 0. The standard InChI is InChI=1S/C17H24O5S/c1-2-3-4-5-6-7-8-9-10-17(18)22-15-11-13-16(14-12-15)23(19,20)21/h8-9,11-14H,2-7,10H2,1H3,(H,19,20,21). The molecule has 128 valence electrons. The summed E-state index contributed by atoms with van der Waals surface area (Å²) in [6, 6.07) is 5.03. The highest BCUT2D eigenvalue weighted by atomic mass is 32.2. The van der Waals surface area contributed by atoms with Gasteiger partial charge in [0.25, 0.3) is 10.1 Å². The van der Waals surface area contributed by atoms with Gasteiger partial charge in [0.05, 0.1) is 11.3 Å². The monoisotopic (exact) mass is 340 g/mol. The molecule has 1 aromatic rings. The second kappa shape index (κ2) is 10.2. The van der Waals surface area contributed by atoms with Crippen molar-refractivity contribution in [3.05, 3.63) is 36.4 Å². The fourth-order valence-corrected chi connectivity index (χ4v) is 2.50. The molecule has 0 aromatic heterocycles. The molecule has 0 aliphatic rings. The van der Waals surface area contributed by atoms with Gasteiger partial charge in [0.15, 0.2) is 0 Å². The fraction of sp³-hybridized carbons (Fsp3) is 0.471. The number of hydrogen-bond donors (Lipinski definition) is 1. The van der Waals surface area contributed by atoms with E-state index in [0.29, 0.717) is 0 Å². The molecule has 5 nitrogen and oxygen atoms in total. The molecule has 0 radical (unpaired) electrons. The lowest BCUT2D eigenvalue weighted by molar-refractivity contribution is -0.133. The maximum atomic E-state index is 11.6. The Morgan fingerprint density at radius 1 is 1.09 bits per heavy atom. The van der Waals surface area contributed by atoms with Gasteiger partial charge in [-0.25, -0.2) is 0 Å². The van der Waals surface area contributed by atoms with Gasteiger partial charge in [0, 0.05) is 0 Å². The smallest absolute Gasteiger partial charge is 0.315 e. The van der Waals surface area contributed by atoms with E-state index in [9.17, 15) is 13.2 Å². The molecule has 0 saturated heterocycles. The highest BCUT2D eigenvalue weighted by Crippen LogP contribution is 2.16. The van der Waals surface area contributed by atoms with Crippen molar-refractivity contribution in [2.24, 2.45) is 0 Å². The summed E-state index contributed by atoms with van der Waals surface area (Å²) in [4.78, 5) is 11.4. The molecule has 23 heavy (non-hydrogen) atoms. The Bertz CT molecular complexity index is 602. The lowest BCUT2D eigenvalue weighted by Crippen LogP contribution is -2.06. The molecule has 0 amide bonds. The van der Waals surface area contributed by atoms with Crippen LogP contribution in [0.15, 0.2) is 41.3 Å². The summed E-state index contributed by atoms with van der Waals surface area (Å²) in [5, 5.41) is 0. The van der Waals surface area contributed by atoms with Crippen molar-refractivity contribution in [1.82, 2.24) is 0 Å². The normalized spacial score (nSPS) is 11.7. The van der Waals surface area contributed by atoms with Gasteiger partial charge in [-0.3, -0.25) is 9.35 Å². The van der Waals surface area contributed by atoms with E-state index >= 15 is 0 Å². The van der Waals surface area contributed by atoms with Crippen LogP contribution in [0.2, 0.25) is 0 Å². The third-order valence-corrected chi connectivity index (χ3v) is 4.15. The molecular weight excluding hydrogens is 316 g/mol. The van der Waals surface area contributed by atoms with Crippen molar-refractivity contribution in [3.63, 3.8) is 0 Å². The SMILES string of the molecule is CCCCCCCC=CCC(=O)Oc1ccc(S(=O)(=O)O)cc1. The van der Waals surface area contributed by atoms with Gasteiger partial charge < -0.3 is 4.74 Å². The van der Waals surface area contributed by atoms with Gasteiger partial charge in [-0.05, 0) is 37.1 Å². The van der Waals surface area contributed by atoms with Crippen LogP contribution in [0.4, 0.5) is 0 Å².